The molecule has 1 saturated heterocycles. The Morgan fingerprint density at radius 2 is 1.68 bits per heavy atom. The topological polar surface area (TPSA) is 133 Å². The second kappa shape index (κ2) is 9.44. The van der Waals surface area contributed by atoms with Crippen molar-refractivity contribution in [1.82, 2.24) is 19.5 Å². The Labute approximate surface area is 184 Å². The number of benzene rings is 1. The van der Waals surface area contributed by atoms with Gasteiger partial charge in [-0.3, -0.25) is 20.4 Å². The number of nitrogens with one attached hydrogen (secondary N) is 2. The minimum absolute atomic E-state index is 0.0930. The van der Waals surface area contributed by atoms with Gasteiger partial charge in [-0.25, -0.2) is 16.8 Å². The number of nitrogens with zero attached hydrogens (tertiary/aromatic N) is 2. The predicted molar refractivity (Wildman–Crippen MR) is 114 cm³/mol. The second-order valence-electron chi connectivity index (χ2n) is 6.83. The van der Waals surface area contributed by atoms with Gasteiger partial charge in [-0.1, -0.05) is 6.07 Å². The highest BCUT2D eigenvalue weighted by Crippen LogP contribution is 2.21. The van der Waals surface area contributed by atoms with Crippen LogP contribution in [0.25, 0.3) is 0 Å². The van der Waals surface area contributed by atoms with Crippen LogP contribution in [-0.4, -0.2) is 63.9 Å². The molecule has 10 nitrogen and oxygen atoms in total. The molecule has 3 rings (SSSR count). The minimum Gasteiger partial charge on any atom is -0.272 e. The van der Waals surface area contributed by atoms with Crippen molar-refractivity contribution >= 4 is 43.2 Å². The Kier molecular flexibility index (Phi) is 7.11. The van der Waals surface area contributed by atoms with Crippen LogP contribution in [0.3, 0.4) is 0 Å². The lowest BCUT2D eigenvalue weighted by atomic mass is 10.2. The summed E-state index contributed by atoms with van der Waals surface area (Å²) in [4.78, 5) is 24.3. The molecule has 0 bridgehead atoms. The van der Waals surface area contributed by atoms with E-state index in [4.69, 9.17) is 0 Å². The smallest absolute Gasteiger partial charge is 0.269 e. The molecule has 1 aliphatic rings. The molecule has 31 heavy (non-hydrogen) atoms. The van der Waals surface area contributed by atoms with Gasteiger partial charge in [-0.15, -0.1) is 11.3 Å². The van der Waals surface area contributed by atoms with Gasteiger partial charge in [0, 0.05) is 25.7 Å². The van der Waals surface area contributed by atoms with E-state index in [-0.39, 0.29) is 14.7 Å². The molecule has 13 heteroatoms. The van der Waals surface area contributed by atoms with Gasteiger partial charge in [0.25, 0.3) is 21.8 Å². The third kappa shape index (κ3) is 5.30. The fourth-order valence-corrected chi connectivity index (χ4v) is 6.79. The van der Waals surface area contributed by atoms with E-state index in [9.17, 15) is 26.4 Å². The molecule has 2 amide bonds. The van der Waals surface area contributed by atoms with Crippen molar-refractivity contribution in [3.8, 4) is 0 Å². The molecule has 0 unspecified atom stereocenters. The van der Waals surface area contributed by atoms with E-state index in [0.29, 0.717) is 13.1 Å². The van der Waals surface area contributed by atoms with Crippen LogP contribution in [0.1, 0.15) is 23.2 Å². The van der Waals surface area contributed by atoms with E-state index in [1.165, 1.54) is 41.7 Å². The van der Waals surface area contributed by atoms with Gasteiger partial charge in [0.1, 0.15) is 4.21 Å². The number of thiophene rings is 1. The summed E-state index contributed by atoms with van der Waals surface area (Å²) in [5.41, 5.74) is 4.48. The van der Waals surface area contributed by atoms with Crippen LogP contribution < -0.4 is 10.9 Å². The van der Waals surface area contributed by atoms with Gasteiger partial charge < -0.3 is 0 Å². The average Bonchev–Trinajstić information content (AvgIpc) is 3.46. The molecule has 0 radical (unpaired) electrons. The lowest BCUT2D eigenvalue weighted by Crippen LogP contribution is -2.46. The van der Waals surface area contributed by atoms with Crippen molar-refractivity contribution < 1.29 is 26.4 Å². The van der Waals surface area contributed by atoms with Gasteiger partial charge in [0.2, 0.25) is 10.0 Å². The van der Waals surface area contributed by atoms with Crippen molar-refractivity contribution in [2.24, 2.45) is 0 Å². The number of carbonyl (C=O) groups excluding carboxylic acids is 2. The average molecular weight is 487 g/mol. The van der Waals surface area contributed by atoms with E-state index < -0.39 is 38.4 Å². The number of likely N-dealkylation sites (N-methyl/N-ethyl adjacent to an activating group) is 1. The van der Waals surface area contributed by atoms with Crippen molar-refractivity contribution in [3.05, 3.63) is 47.3 Å². The highest BCUT2D eigenvalue weighted by Gasteiger charge is 2.27. The maximum absolute atomic E-state index is 12.5. The third-order valence-corrected chi connectivity index (χ3v) is 9.75. The van der Waals surface area contributed by atoms with E-state index >= 15 is 0 Å². The Morgan fingerprint density at radius 1 is 1.03 bits per heavy atom. The fourth-order valence-electron chi connectivity index (χ4n) is 2.95. The number of hydrogen-bond acceptors (Lipinski definition) is 7. The number of amides is 2. The molecule has 0 saturated carbocycles. The molecule has 0 aliphatic carbocycles. The first-order valence-corrected chi connectivity index (χ1v) is 13.1. The summed E-state index contributed by atoms with van der Waals surface area (Å²) in [6.45, 7) is 0.466. The van der Waals surface area contributed by atoms with Crippen LogP contribution >= 0.6 is 11.3 Å². The molecule has 2 aromatic rings. The Bertz CT molecular complexity index is 1140. The van der Waals surface area contributed by atoms with Crippen LogP contribution in [0.5, 0.6) is 0 Å². The zero-order chi connectivity index (χ0) is 22.6. The van der Waals surface area contributed by atoms with E-state index in [2.05, 4.69) is 10.9 Å². The highest BCUT2D eigenvalue weighted by atomic mass is 32.2. The third-order valence-electron chi connectivity index (χ3n) is 4.66. The lowest BCUT2D eigenvalue weighted by molar-refractivity contribution is -0.121. The SMILES string of the molecule is CN(CC(=O)NNC(=O)c1ccc(S(=O)(=O)N2CCCC2)cc1)S(=O)(=O)c1cccs1. The van der Waals surface area contributed by atoms with E-state index in [1.54, 1.807) is 11.4 Å². The quantitative estimate of drug-likeness (QED) is 0.551. The number of carbonyl (C=O) groups is 2. The van der Waals surface area contributed by atoms with Gasteiger partial charge >= 0.3 is 0 Å². The largest absolute Gasteiger partial charge is 0.272 e. The summed E-state index contributed by atoms with van der Waals surface area (Å²) in [5, 5.41) is 1.61. The van der Waals surface area contributed by atoms with Crippen LogP contribution in [-0.2, 0) is 24.8 Å². The number of hydrogen-bond donors (Lipinski definition) is 2. The second-order valence-corrected chi connectivity index (χ2v) is 12.0. The number of rotatable bonds is 7. The lowest BCUT2D eigenvalue weighted by Gasteiger charge is -2.16. The zero-order valence-electron chi connectivity index (χ0n) is 16.6. The van der Waals surface area contributed by atoms with Crippen LogP contribution in [0, 0.1) is 0 Å². The van der Waals surface area contributed by atoms with Crippen LogP contribution in [0.4, 0.5) is 0 Å². The Balaban J connectivity index is 1.55. The van der Waals surface area contributed by atoms with Crippen molar-refractivity contribution in [3.63, 3.8) is 0 Å². The van der Waals surface area contributed by atoms with Gasteiger partial charge in [-0.05, 0) is 48.6 Å². The number of hydrazine groups is 1. The highest BCUT2D eigenvalue weighted by molar-refractivity contribution is 7.91. The fraction of sp³-hybridized carbons (Fsp3) is 0.333. The first-order valence-electron chi connectivity index (χ1n) is 9.31. The monoisotopic (exact) mass is 486 g/mol. The van der Waals surface area contributed by atoms with E-state index in [1.807, 2.05) is 0 Å². The zero-order valence-corrected chi connectivity index (χ0v) is 19.1. The van der Waals surface area contributed by atoms with Crippen LogP contribution in [0.2, 0.25) is 0 Å². The minimum atomic E-state index is -3.79. The summed E-state index contributed by atoms with van der Waals surface area (Å²) in [6.07, 6.45) is 1.65. The summed E-state index contributed by atoms with van der Waals surface area (Å²) >= 11 is 1.03. The van der Waals surface area contributed by atoms with Crippen LogP contribution in [0.15, 0.2) is 50.9 Å². The summed E-state index contributed by atoms with van der Waals surface area (Å²) in [6, 6.07) is 8.39. The van der Waals surface area contributed by atoms with E-state index in [0.717, 1.165) is 28.5 Å². The van der Waals surface area contributed by atoms with Crippen molar-refractivity contribution in [2.75, 3.05) is 26.7 Å². The molecule has 2 heterocycles. The molecule has 2 N–H and O–H groups in total. The maximum Gasteiger partial charge on any atom is 0.269 e. The summed E-state index contributed by atoms with van der Waals surface area (Å²) in [5.74, 6) is -1.40. The molecule has 0 spiro atoms. The first kappa shape index (κ1) is 23.3. The maximum atomic E-state index is 12.5. The Morgan fingerprint density at radius 3 is 2.26 bits per heavy atom. The number of sulfonamides is 2. The molecule has 0 atom stereocenters. The molecule has 1 fully saturated rings. The summed E-state index contributed by atoms with van der Waals surface area (Å²) in [7, 11) is -6.11. The van der Waals surface area contributed by atoms with Crippen molar-refractivity contribution in [1.29, 1.82) is 0 Å². The Hall–Kier alpha value is -2.32. The standard InChI is InChI=1S/C18H22N4O6S3/c1-21(31(27,28)17-5-4-12-29-17)13-16(23)19-20-18(24)14-6-8-15(9-7-14)30(25,26)22-10-2-3-11-22/h4-9,12H,2-3,10-11,13H2,1H3,(H,19,23)(H,20,24). The molecule has 168 valence electrons. The normalized spacial score (nSPS) is 15.2. The molecule has 1 aromatic heterocycles. The molecule has 1 aliphatic heterocycles. The van der Waals surface area contributed by atoms with Gasteiger partial charge in [0.05, 0.1) is 11.4 Å². The first-order chi connectivity index (χ1) is 14.6. The molecular formula is C18H22N4O6S3. The summed E-state index contributed by atoms with van der Waals surface area (Å²) < 4.78 is 52.0. The molecule has 1 aromatic carbocycles. The van der Waals surface area contributed by atoms with Gasteiger partial charge in [-0.2, -0.15) is 8.61 Å². The predicted octanol–water partition coefficient (Wildman–Crippen LogP) is 0.614. The molecular weight excluding hydrogens is 464 g/mol. The van der Waals surface area contributed by atoms with Crippen molar-refractivity contribution in [2.45, 2.75) is 21.9 Å². The van der Waals surface area contributed by atoms with Gasteiger partial charge in [0.15, 0.2) is 0 Å².